The van der Waals surface area contributed by atoms with E-state index in [-0.39, 0.29) is 35.7 Å². The molecular weight excluding hydrogens is 380 g/mol. The highest BCUT2D eigenvalue weighted by atomic mass is 16.2. The summed E-state index contributed by atoms with van der Waals surface area (Å²) >= 11 is 0. The highest BCUT2D eigenvalue weighted by Gasteiger charge is 2.36. The van der Waals surface area contributed by atoms with Gasteiger partial charge in [0.2, 0.25) is 11.8 Å². The van der Waals surface area contributed by atoms with Crippen molar-refractivity contribution in [3.05, 3.63) is 47.7 Å². The molecule has 1 atom stereocenters. The molecule has 3 heterocycles. The maximum Gasteiger partial charge on any atom is 0.230 e. The highest BCUT2D eigenvalue weighted by Crippen LogP contribution is 2.26. The molecule has 0 bridgehead atoms. The summed E-state index contributed by atoms with van der Waals surface area (Å²) in [4.78, 5) is 31.4. The van der Waals surface area contributed by atoms with Gasteiger partial charge < -0.3 is 10.2 Å². The molecule has 2 amide bonds. The largest absolute Gasteiger partial charge is 0.339 e. The minimum atomic E-state index is -0.471. The molecule has 0 saturated carbocycles. The molecule has 1 aliphatic heterocycles. The lowest BCUT2D eigenvalue weighted by molar-refractivity contribution is -0.129. The Kier molecular flexibility index (Phi) is 4.96. The summed E-state index contributed by atoms with van der Waals surface area (Å²) in [5.41, 5.74) is 2.05. The minimum absolute atomic E-state index is 0.0361. The molecule has 0 aliphatic carbocycles. The number of nitrogens with zero attached hydrogens (tertiary/aromatic N) is 5. The fraction of sp³-hybridized carbons (Fsp3) is 0.318. The first kappa shape index (κ1) is 19.6. The Morgan fingerprint density at radius 1 is 1.33 bits per heavy atom. The van der Waals surface area contributed by atoms with Gasteiger partial charge in [-0.25, -0.2) is 4.98 Å². The molecule has 4 rings (SSSR count). The van der Waals surface area contributed by atoms with E-state index in [2.05, 4.69) is 21.5 Å². The number of rotatable bonds is 4. The molecule has 1 aromatic carbocycles. The molecule has 1 saturated heterocycles. The van der Waals surface area contributed by atoms with Crippen LogP contribution in [0.1, 0.15) is 31.4 Å². The molecule has 8 nitrogen and oxygen atoms in total. The van der Waals surface area contributed by atoms with Crippen molar-refractivity contribution in [2.75, 3.05) is 11.9 Å². The van der Waals surface area contributed by atoms with Crippen molar-refractivity contribution in [3.63, 3.8) is 0 Å². The Hall–Kier alpha value is -3.73. The van der Waals surface area contributed by atoms with Crippen LogP contribution in [-0.4, -0.2) is 44.1 Å². The summed E-state index contributed by atoms with van der Waals surface area (Å²) in [7, 11) is 0. The number of anilines is 1. The first-order valence-corrected chi connectivity index (χ1v) is 9.84. The number of aryl methyl sites for hydroxylation is 1. The second-order valence-corrected chi connectivity index (χ2v) is 7.78. The zero-order valence-corrected chi connectivity index (χ0v) is 17.1. The van der Waals surface area contributed by atoms with E-state index in [0.29, 0.717) is 12.4 Å². The molecule has 1 unspecified atom stereocenters. The fourth-order valence-electron chi connectivity index (χ4n) is 3.79. The normalized spacial score (nSPS) is 16.3. The Labute approximate surface area is 174 Å². The lowest BCUT2D eigenvalue weighted by atomic mass is 10.1. The maximum atomic E-state index is 12.9. The second-order valence-electron chi connectivity index (χ2n) is 7.78. The van der Waals surface area contributed by atoms with Crippen LogP contribution in [0.4, 0.5) is 5.82 Å². The van der Waals surface area contributed by atoms with Crippen LogP contribution >= 0.6 is 0 Å². The number of pyridine rings is 1. The van der Waals surface area contributed by atoms with Crippen LogP contribution < -0.4 is 5.32 Å². The number of nitriles is 1. The highest BCUT2D eigenvalue weighted by molar-refractivity contribution is 5.97. The molecule has 30 heavy (non-hydrogen) atoms. The van der Waals surface area contributed by atoms with E-state index < -0.39 is 5.92 Å². The van der Waals surface area contributed by atoms with Crippen LogP contribution in [0.3, 0.4) is 0 Å². The summed E-state index contributed by atoms with van der Waals surface area (Å²) in [5, 5.41) is 17.6. The maximum absolute atomic E-state index is 12.9. The van der Waals surface area contributed by atoms with Crippen molar-refractivity contribution in [1.29, 1.82) is 5.26 Å². The third kappa shape index (κ3) is 3.39. The number of fused-ring (bicyclic) bond motifs is 1. The smallest absolute Gasteiger partial charge is 0.230 e. The van der Waals surface area contributed by atoms with Crippen LogP contribution in [0, 0.1) is 24.2 Å². The first-order valence-electron chi connectivity index (χ1n) is 9.84. The molecule has 1 N–H and O–H groups in total. The minimum Gasteiger partial charge on any atom is -0.339 e. The van der Waals surface area contributed by atoms with Gasteiger partial charge in [-0.2, -0.15) is 15.0 Å². The van der Waals surface area contributed by atoms with E-state index in [9.17, 15) is 14.9 Å². The number of carbonyl (C=O) groups is 2. The third-order valence-electron chi connectivity index (χ3n) is 5.41. The number of likely N-dealkylation sites (tertiary alicyclic amines) is 1. The van der Waals surface area contributed by atoms with E-state index in [0.717, 1.165) is 16.5 Å². The zero-order chi connectivity index (χ0) is 21.4. The van der Waals surface area contributed by atoms with Gasteiger partial charge in [0, 0.05) is 24.4 Å². The van der Waals surface area contributed by atoms with Gasteiger partial charge in [0.25, 0.3) is 0 Å². The molecule has 152 valence electrons. The predicted molar refractivity (Wildman–Crippen MR) is 112 cm³/mol. The molecular formula is C22H22N6O2. The van der Waals surface area contributed by atoms with Crippen molar-refractivity contribution in [2.45, 2.75) is 33.2 Å². The number of hydrogen-bond acceptors (Lipinski definition) is 5. The van der Waals surface area contributed by atoms with Gasteiger partial charge in [0.1, 0.15) is 11.6 Å². The van der Waals surface area contributed by atoms with Crippen LogP contribution in [0.5, 0.6) is 0 Å². The monoisotopic (exact) mass is 402 g/mol. The van der Waals surface area contributed by atoms with Gasteiger partial charge >= 0.3 is 0 Å². The molecule has 1 aliphatic rings. The van der Waals surface area contributed by atoms with E-state index in [1.54, 1.807) is 4.90 Å². The summed E-state index contributed by atoms with van der Waals surface area (Å²) in [6, 6.07) is 11.7. The van der Waals surface area contributed by atoms with Crippen molar-refractivity contribution >= 4 is 28.5 Å². The Balaban J connectivity index is 1.67. The fourth-order valence-corrected chi connectivity index (χ4v) is 3.79. The second kappa shape index (κ2) is 7.59. The Morgan fingerprint density at radius 2 is 2.10 bits per heavy atom. The average Bonchev–Trinajstić information content (AvgIpc) is 3.31. The van der Waals surface area contributed by atoms with Gasteiger partial charge in [-0.15, -0.1) is 0 Å². The molecule has 2 aromatic heterocycles. The predicted octanol–water partition coefficient (Wildman–Crippen LogP) is 2.80. The van der Waals surface area contributed by atoms with E-state index >= 15 is 0 Å². The standard InChI is InChI=1S/C22H22N6O2/c1-13(2)27-12-15(9-20(27)29)22(30)26-21-16(10-23)11-24-28(21)19-8-14(3)17-6-4-5-7-18(17)25-19/h4-8,11,13,15H,9,12H2,1-3H3,(H,26,30). The first-order chi connectivity index (χ1) is 14.4. The van der Waals surface area contributed by atoms with Crippen molar-refractivity contribution in [3.8, 4) is 11.9 Å². The molecule has 1 fully saturated rings. The number of para-hydroxylation sites is 1. The number of hydrogen-bond donors (Lipinski definition) is 1. The van der Waals surface area contributed by atoms with E-state index in [1.165, 1.54) is 10.9 Å². The average molecular weight is 402 g/mol. The van der Waals surface area contributed by atoms with Crippen molar-refractivity contribution in [2.24, 2.45) is 5.92 Å². The Morgan fingerprint density at radius 3 is 2.80 bits per heavy atom. The molecule has 8 heteroatoms. The topological polar surface area (TPSA) is 104 Å². The van der Waals surface area contributed by atoms with Gasteiger partial charge in [-0.05, 0) is 38.5 Å². The van der Waals surface area contributed by atoms with E-state index in [4.69, 9.17) is 0 Å². The lowest BCUT2D eigenvalue weighted by Crippen LogP contribution is -2.33. The number of benzene rings is 1. The van der Waals surface area contributed by atoms with Gasteiger partial charge in [-0.1, -0.05) is 18.2 Å². The number of carbonyl (C=O) groups excluding carboxylic acids is 2. The Bertz CT molecular complexity index is 1190. The quantitative estimate of drug-likeness (QED) is 0.723. The van der Waals surface area contributed by atoms with Crippen LogP contribution in [0.2, 0.25) is 0 Å². The van der Waals surface area contributed by atoms with Crippen LogP contribution in [0.15, 0.2) is 36.5 Å². The third-order valence-corrected chi connectivity index (χ3v) is 5.41. The van der Waals surface area contributed by atoms with Crippen molar-refractivity contribution in [1.82, 2.24) is 19.7 Å². The SMILES string of the molecule is Cc1cc(-n2ncc(C#N)c2NC(=O)C2CC(=O)N(C(C)C)C2)nc2ccccc12. The molecule has 0 spiro atoms. The molecule has 3 aromatic rings. The van der Waals surface area contributed by atoms with Crippen LogP contribution in [0.25, 0.3) is 16.7 Å². The molecule has 0 radical (unpaired) electrons. The summed E-state index contributed by atoms with van der Waals surface area (Å²) in [6.07, 6.45) is 1.56. The zero-order valence-electron chi connectivity index (χ0n) is 17.1. The van der Waals surface area contributed by atoms with Gasteiger partial charge in [0.15, 0.2) is 11.6 Å². The van der Waals surface area contributed by atoms with E-state index in [1.807, 2.05) is 51.1 Å². The number of aromatic nitrogens is 3. The van der Waals surface area contributed by atoms with Gasteiger partial charge in [0.05, 0.1) is 17.6 Å². The van der Waals surface area contributed by atoms with Crippen LogP contribution in [-0.2, 0) is 9.59 Å². The summed E-state index contributed by atoms with van der Waals surface area (Å²) in [5.74, 6) is -0.0382. The van der Waals surface area contributed by atoms with Gasteiger partial charge in [-0.3, -0.25) is 9.59 Å². The number of nitrogens with one attached hydrogen (secondary N) is 1. The summed E-state index contributed by atoms with van der Waals surface area (Å²) < 4.78 is 1.47. The van der Waals surface area contributed by atoms with Crippen molar-refractivity contribution < 1.29 is 9.59 Å². The lowest BCUT2D eigenvalue weighted by Gasteiger charge is -2.20. The summed E-state index contributed by atoms with van der Waals surface area (Å²) in [6.45, 7) is 6.19. The number of amides is 2.